The lowest BCUT2D eigenvalue weighted by Gasteiger charge is -2.25. The van der Waals surface area contributed by atoms with Crippen molar-refractivity contribution in [2.75, 3.05) is 16.4 Å². The van der Waals surface area contributed by atoms with E-state index in [9.17, 15) is 27.1 Å². The number of rotatable bonds is 6. The summed E-state index contributed by atoms with van der Waals surface area (Å²) in [5.41, 5.74) is 5.65. The summed E-state index contributed by atoms with van der Waals surface area (Å²) in [6, 6.07) is 11.1. The van der Waals surface area contributed by atoms with Crippen molar-refractivity contribution in [1.29, 1.82) is 0 Å². The molecule has 0 saturated heterocycles. The Hall–Kier alpha value is -3.79. The lowest BCUT2D eigenvalue weighted by Crippen LogP contribution is -2.24. The van der Waals surface area contributed by atoms with Crippen LogP contribution in [0.25, 0.3) is 0 Å². The minimum absolute atomic E-state index is 0.0173. The minimum Gasteiger partial charge on any atom is -0.768 e. The second kappa shape index (κ2) is 10.4. The molecule has 4 aromatic rings. The number of nitrogens with two attached hydrogens (primary N) is 1. The smallest absolute Gasteiger partial charge is 0.232 e. The molecule has 0 aliphatic heterocycles. The molecule has 39 heavy (non-hydrogen) atoms. The summed E-state index contributed by atoms with van der Waals surface area (Å²) >= 11 is 6.04. The zero-order valence-corrected chi connectivity index (χ0v) is 22.2. The SMILES string of the molecule is Nc1c(S(=O)[O-])cc(Nc2ccc(S(=O)[O-])c(Nc3nc(Cl)nc(Cl)n3)c2)c2c1C(=O)c1ccccc1C2=O. The fourth-order valence-electron chi connectivity index (χ4n) is 4.04. The van der Waals surface area contributed by atoms with Gasteiger partial charge in [-0.05, 0) is 69.6 Å². The number of carbonyl (C=O) groups is 2. The molecule has 1 aliphatic carbocycles. The lowest BCUT2D eigenvalue weighted by atomic mass is 9.82. The summed E-state index contributed by atoms with van der Waals surface area (Å²) in [6.07, 6.45) is 0. The van der Waals surface area contributed by atoms with E-state index in [0.717, 1.165) is 6.07 Å². The predicted molar refractivity (Wildman–Crippen MR) is 141 cm³/mol. The Kier molecular flexibility index (Phi) is 7.15. The first-order valence-electron chi connectivity index (χ1n) is 10.6. The van der Waals surface area contributed by atoms with Crippen LogP contribution in [-0.2, 0) is 22.2 Å². The maximum absolute atomic E-state index is 13.5. The molecule has 2 atom stereocenters. The van der Waals surface area contributed by atoms with Crippen molar-refractivity contribution in [3.05, 3.63) is 81.4 Å². The monoisotopic (exact) mass is 602 g/mol. The Balaban J connectivity index is 1.64. The molecule has 198 valence electrons. The van der Waals surface area contributed by atoms with Crippen LogP contribution in [0.5, 0.6) is 0 Å². The van der Waals surface area contributed by atoms with Gasteiger partial charge in [-0.3, -0.25) is 18.0 Å². The highest BCUT2D eigenvalue weighted by Crippen LogP contribution is 2.40. The summed E-state index contributed by atoms with van der Waals surface area (Å²) < 4.78 is 47.6. The number of fused-ring (bicyclic) bond motifs is 2. The molecule has 0 saturated carbocycles. The van der Waals surface area contributed by atoms with Gasteiger partial charge in [0.15, 0.2) is 11.6 Å². The van der Waals surface area contributed by atoms with Crippen molar-refractivity contribution in [1.82, 2.24) is 15.0 Å². The van der Waals surface area contributed by atoms with Crippen molar-refractivity contribution in [3.8, 4) is 0 Å². The van der Waals surface area contributed by atoms with Gasteiger partial charge >= 0.3 is 0 Å². The van der Waals surface area contributed by atoms with Gasteiger partial charge in [-0.2, -0.15) is 15.0 Å². The number of anilines is 5. The molecule has 2 unspecified atom stereocenters. The average Bonchev–Trinajstić information content (AvgIpc) is 2.87. The quantitative estimate of drug-likeness (QED) is 0.189. The van der Waals surface area contributed by atoms with E-state index in [2.05, 4.69) is 25.6 Å². The standard InChI is InChI=1S/C23H14Cl2N6O6S2/c24-21-29-22(25)31-23(30-21)28-12-7-9(5-6-14(12)38(34)35)27-13-8-15(39(36)37)18(26)17-16(13)19(32)10-3-1-2-4-11(10)20(17)33/h1-8,27H,26H2,(H,34,35)(H,36,37)(H,28,29,30,31)/p-2. The second-order valence-electron chi connectivity index (χ2n) is 7.92. The van der Waals surface area contributed by atoms with Gasteiger partial charge in [-0.25, -0.2) is 0 Å². The van der Waals surface area contributed by atoms with Crippen molar-refractivity contribution >= 4 is 85.6 Å². The maximum atomic E-state index is 13.5. The number of halogens is 2. The van der Waals surface area contributed by atoms with Crippen LogP contribution in [-0.4, -0.2) is 44.0 Å². The number of nitrogens with zero attached hydrogens (tertiary/aromatic N) is 3. The van der Waals surface area contributed by atoms with Crippen molar-refractivity contribution < 1.29 is 27.1 Å². The van der Waals surface area contributed by atoms with E-state index in [-0.39, 0.29) is 66.4 Å². The third kappa shape index (κ3) is 5.01. The van der Waals surface area contributed by atoms with Gasteiger partial charge in [-0.15, -0.1) is 0 Å². The van der Waals surface area contributed by atoms with E-state index in [4.69, 9.17) is 28.9 Å². The molecule has 0 bridgehead atoms. The van der Waals surface area contributed by atoms with Crippen LogP contribution < -0.4 is 16.4 Å². The fourth-order valence-corrected chi connectivity index (χ4v) is 5.37. The van der Waals surface area contributed by atoms with Crippen LogP contribution in [0.15, 0.2) is 58.3 Å². The summed E-state index contributed by atoms with van der Waals surface area (Å²) in [5, 5.41) is 5.10. The first-order valence-corrected chi connectivity index (χ1v) is 13.5. The predicted octanol–water partition coefficient (Wildman–Crippen LogP) is 3.50. The number of benzene rings is 3. The highest BCUT2D eigenvalue weighted by Gasteiger charge is 2.35. The van der Waals surface area contributed by atoms with E-state index in [1.54, 1.807) is 12.1 Å². The van der Waals surface area contributed by atoms with Gasteiger partial charge in [0.2, 0.25) is 16.5 Å². The molecular formula is C23H12Cl2N6O6S2-2. The number of hydrogen-bond donors (Lipinski definition) is 3. The summed E-state index contributed by atoms with van der Waals surface area (Å²) in [7, 11) is 0. The average molecular weight is 603 g/mol. The third-order valence-electron chi connectivity index (χ3n) is 5.65. The van der Waals surface area contributed by atoms with Crippen LogP contribution in [0.2, 0.25) is 10.6 Å². The van der Waals surface area contributed by atoms with Crippen LogP contribution in [0.3, 0.4) is 0 Å². The summed E-state index contributed by atoms with van der Waals surface area (Å²) in [5.74, 6) is -1.33. The van der Waals surface area contributed by atoms with Gasteiger partial charge < -0.3 is 25.5 Å². The van der Waals surface area contributed by atoms with Crippen molar-refractivity contribution in [2.45, 2.75) is 9.79 Å². The van der Waals surface area contributed by atoms with Gasteiger partial charge in [0.25, 0.3) is 0 Å². The summed E-state index contributed by atoms with van der Waals surface area (Å²) in [6.45, 7) is 0. The zero-order valence-electron chi connectivity index (χ0n) is 19.1. The number of carbonyl (C=O) groups excluding carboxylic acids is 2. The normalized spacial score (nSPS) is 13.8. The molecule has 0 radical (unpaired) electrons. The van der Waals surface area contributed by atoms with Gasteiger partial charge in [0.1, 0.15) is 0 Å². The number of nitrogens with one attached hydrogen (secondary N) is 2. The zero-order chi connectivity index (χ0) is 28.0. The second-order valence-corrected chi connectivity index (χ2v) is 10.4. The van der Waals surface area contributed by atoms with E-state index in [1.165, 1.54) is 30.3 Å². The lowest BCUT2D eigenvalue weighted by molar-refractivity contribution is 0.0980. The van der Waals surface area contributed by atoms with Gasteiger partial charge in [0, 0.05) is 21.7 Å². The number of nitrogen functional groups attached to an aromatic ring is 1. The third-order valence-corrected chi connectivity index (χ3v) is 7.40. The van der Waals surface area contributed by atoms with Crippen LogP contribution in [0.1, 0.15) is 31.8 Å². The highest BCUT2D eigenvalue weighted by molar-refractivity contribution is 7.79. The molecule has 16 heteroatoms. The minimum atomic E-state index is -2.86. The van der Waals surface area contributed by atoms with Crippen LogP contribution in [0, 0.1) is 0 Å². The molecule has 0 spiro atoms. The number of ketones is 2. The summed E-state index contributed by atoms with van der Waals surface area (Å²) in [4.78, 5) is 37.5. The number of hydrogen-bond acceptors (Lipinski definition) is 12. The molecule has 0 amide bonds. The van der Waals surface area contributed by atoms with E-state index >= 15 is 0 Å². The first kappa shape index (κ1) is 26.8. The molecule has 0 fully saturated rings. The molecular weight excluding hydrogens is 591 g/mol. The largest absolute Gasteiger partial charge is 0.768 e. The molecule has 5 rings (SSSR count). The molecule has 1 heterocycles. The fraction of sp³-hybridized carbons (Fsp3) is 0. The van der Waals surface area contributed by atoms with Crippen molar-refractivity contribution in [3.63, 3.8) is 0 Å². The molecule has 12 nitrogen and oxygen atoms in total. The van der Waals surface area contributed by atoms with Crippen LogP contribution in [0.4, 0.5) is 28.7 Å². The van der Waals surface area contributed by atoms with E-state index < -0.39 is 38.6 Å². The van der Waals surface area contributed by atoms with Crippen LogP contribution >= 0.6 is 23.2 Å². The van der Waals surface area contributed by atoms with E-state index in [0.29, 0.717) is 0 Å². The van der Waals surface area contributed by atoms with E-state index in [1.807, 2.05) is 0 Å². The van der Waals surface area contributed by atoms with Crippen molar-refractivity contribution in [2.24, 2.45) is 0 Å². The topological polar surface area (TPSA) is 203 Å². The Morgan fingerprint density at radius 3 is 1.92 bits per heavy atom. The van der Waals surface area contributed by atoms with Gasteiger partial charge in [-0.1, -0.05) is 24.3 Å². The number of aromatic nitrogens is 3. The first-order chi connectivity index (χ1) is 18.5. The Morgan fingerprint density at radius 1 is 0.744 bits per heavy atom. The molecule has 4 N–H and O–H groups in total. The molecule has 3 aromatic carbocycles. The Bertz CT molecular complexity index is 1750. The molecule has 1 aliphatic rings. The maximum Gasteiger partial charge on any atom is 0.232 e. The Morgan fingerprint density at radius 2 is 1.33 bits per heavy atom. The van der Waals surface area contributed by atoms with Gasteiger partial charge in [0.05, 0.1) is 33.1 Å². The molecule has 1 aromatic heterocycles. The Labute approximate surface area is 234 Å². The highest BCUT2D eigenvalue weighted by atomic mass is 35.5.